The molecule has 57 heavy (non-hydrogen) atoms. The molecule has 1 amide bonds. The molecule has 3 aromatic carbocycles. The number of methoxy groups -OCH3 is 1. The number of ether oxygens (including phenoxy) is 4. The van der Waals surface area contributed by atoms with Gasteiger partial charge in [0.15, 0.2) is 0 Å². The second kappa shape index (κ2) is 18.8. The third-order valence-electron chi connectivity index (χ3n) is 11.2. The number of nitrogens with zero attached hydrogens (tertiary/aromatic N) is 3. The highest BCUT2D eigenvalue weighted by Crippen LogP contribution is 2.62. The number of carbonyl (C=O) groups excluding carboxylic acids is 1. The van der Waals surface area contributed by atoms with E-state index in [9.17, 15) is 29.5 Å². The van der Waals surface area contributed by atoms with Crippen LogP contribution in [0.4, 0.5) is 14.9 Å². The number of rotatable bonds is 18. The number of halogens is 1. The van der Waals surface area contributed by atoms with Gasteiger partial charge in [-0.05, 0) is 85.1 Å². The average Bonchev–Trinajstić information content (AvgIpc) is 3.21. The Hall–Kier alpha value is -5.31. The van der Waals surface area contributed by atoms with Crippen molar-refractivity contribution in [2.24, 2.45) is 22.9 Å². The predicted molar refractivity (Wildman–Crippen MR) is 209 cm³/mol. The molecule has 304 valence electrons. The van der Waals surface area contributed by atoms with Crippen LogP contribution in [0.5, 0.6) is 17.2 Å². The van der Waals surface area contributed by atoms with Gasteiger partial charge >= 0.3 is 6.09 Å². The lowest BCUT2D eigenvalue weighted by atomic mass is 9.55. The summed E-state index contributed by atoms with van der Waals surface area (Å²) in [4.78, 5) is 32.1. The van der Waals surface area contributed by atoms with Crippen LogP contribution in [0.1, 0.15) is 62.0 Å². The van der Waals surface area contributed by atoms with Gasteiger partial charge in [0.25, 0.3) is 5.69 Å². The van der Waals surface area contributed by atoms with E-state index in [4.69, 9.17) is 23.8 Å². The number of oxime groups is 1. The van der Waals surface area contributed by atoms with E-state index in [2.05, 4.69) is 17.8 Å². The van der Waals surface area contributed by atoms with Crippen LogP contribution in [0, 0.1) is 33.7 Å². The normalized spacial score (nSPS) is 24.0. The summed E-state index contributed by atoms with van der Waals surface area (Å²) in [5.41, 5.74) is 2.80. The molecule has 1 saturated carbocycles. The van der Waals surface area contributed by atoms with Gasteiger partial charge in [0.05, 0.1) is 36.3 Å². The number of aliphatic hydroxyl groups is 2. The van der Waals surface area contributed by atoms with E-state index in [-0.39, 0.29) is 62.0 Å². The van der Waals surface area contributed by atoms with Crippen LogP contribution in [0.15, 0.2) is 96.2 Å². The second-order valence-electron chi connectivity index (χ2n) is 14.5. The van der Waals surface area contributed by atoms with E-state index < -0.39 is 34.6 Å². The number of hydrogen-bond acceptors (Lipinski definition) is 11. The van der Waals surface area contributed by atoms with Gasteiger partial charge in [0.2, 0.25) is 5.79 Å². The first-order valence-corrected chi connectivity index (χ1v) is 19.3. The van der Waals surface area contributed by atoms with Crippen LogP contribution < -0.4 is 9.47 Å². The largest absolute Gasteiger partial charge is 0.459 e. The van der Waals surface area contributed by atoms with Crippen molar-refractivity contribution in [2.75, 3.05) is 34.0 Å². The first-order valence-electron chi connectivity index (χ1n) is 19.3. The first-order chi connectivity index (χ1) is 27.7. The summed E-state index contributed by atoms with van der Waals surface area (Å²) in [6.07, 6.45) is 7.55. The molecule has 6 rings (SSSR count). The minimum atomic E-state index is -1.54. The smallest absolute Gasteiger partial charge is 0.410 e. The lowest BCUT2D eigenvalue weighted by molar-refractivity contribution is -0.384. The summed E-state index contributed by atoms with van der Waals surface area (Å²) in [7, 11) is 2.77. The number of aliphatic hydroxyl groups excluding tert-OH is 2. The van der Waals surface area contributed by atoms with Gasteiger partial charge in [-0.25, -0.2) is 9.18 Å². The highest BCUT2D eigenvalue weighted by molar-refractivity contribution is 6.03. The molecule has 13 nitrogen and oxygen atoms in total. The molecule has 3 aromatic rings. The number of unbranched alkanes of at least 4 members (excludes halogenated alkanes) is 2. The average molecular weight is 788 g/mol. The van der Waals surface area contributed by atoms with Gasteiger partial charge in [-0.15, -0.1) is 6.58 Å². The van der Waals surface area contributed by atoms with Gasteiger partial charge in [-0.1, -0.05) is 48.3 Å². The van der Waals surface area contributed by atoms with Crippen molar-refractivity contribution in [2.45, 2.75) is 69.2 Å². The molecule has 2 N–H and O–H groups in total. The fourth-order valence-electron chi connectivity index (χ4n) is 8.82. The van der Waals surface area contributed by atoms with E-state index in [0.29, 0.717) is 35.6 Å². The maximum atomic E-state index is 14.1. The van der Waals surface area contributed by atoms with E-state index >= 15 is 0 Å². The number of allylic oxidation sites excluding steroid dienone is 1. The van der Waals surface area contributed by atoms with Gasteiger partial charge in [0.1, 0.15) is 36.2 Å². The van der Waals surface area contributed by atoms with E-state index in [0.717, 1.165) is 36.8 Å². The SMILES string of the molecule is C=CCOC12Oc3ccc(Oc4cccc([N+](=O)[O-])c4)cc3C3C(CCCCO)C(CCCCO)C=C(C(=NOC)CC1N(Cc1ccc(F)cc1)C(=O)OC)C32. The topological polar surface area (TPSA) is 162 Å². The fraction of sp³-hybridized carbons (Fsp3) is 0.442. The summed E-state index contributed by atoms with van der Waals surface area (Å²) < 4.78 is 39.8. The minimum Gasteiger partial charge on any atom is -0.459 e. The van der Waals surface area contributed by atoms with Gasteiger partial charge in [0, 0.05) is 43.7 Å². The van der Waals surface area contributed by atoms with E-state index in [1.165, 1.54) is 43.4 Å². The van der Waals surface area contributed by atoms with Crippen LogP contribution in [-0.4, -0.2) is 77.7 Å². The number of nitro groups is 1. The van der Waals surface area contributed by atoms with Crippen molar-refractivity contribution in [1.82, 2.24) is 4.90 Å². The third kappa shape index (κ3) is 8.83. The first kappa shape index (κ1) is 41.3. The van der Waals surface area contributed by atoms with Gasteiger partial charge in [-0.2, -0.15) is 0 Å². The molecule has 0 aromatic heterocycles. The van der Waals surface area contributed by atoms with Crippen molar-refractivity contribution in [3.8, 4) is 17.2 Å². The maximum Gasteiger partial charge on any atom is 0.410 e. The van der Waals surface area contributed by atoms with Crippen molar-refractivity contribution in [1.29, 1.82) is 0 Å². The van der Waals surface area contributed by atoms with Crippen molar-refractivity contribution < 1.29 is 48.1 Å². The summed E-state index contributed by atoms with van der Waals surface area (Å²) in [5.74, 6) is -1.68. The Balaban J connectivity index is 1.58. The number of fused-ring (bicyclic) bond motifs is 2. The number of carbonyl (C=O) groups is 1. The molecule has 1 heterocycles. The van der Waals surface area contributed by atoms with E-state index in [1.54, 1.807) is 42.5 Å². The Bertz CT molecular complexity index is 1960. The molecule has 0 bridgehead atoms. The Labute approximate surface area is 331 Å². The van der Waals surface area contributed by atoms with Crippen molar-refractivity contribution >= 4 is 17.5 Å². The fourth-order valence-corrected chi connectivity index (χ4v) is 8.82. The number of benzene rings is 3. The molecular formula is C43H50FN3O10. The maximum absolute atomic E-state index is 14.1. The zero-order valence-electron chi connectivity index (χ0n) is 32.3. The summed E-state index contributed by atoms with van der Waals surface area (Å²) in [6.45, 7) is 4.14. The number of non-ortho nitro benzene ring substituents is 1. The lowest BCUT2D eigenvalue weighted by Gasteiger charge is -2.59. The molecule has 2 aliphatic carbocycles. The van der Waals surface area contributed by atoms with Crippen molar-refractivity contribution in [3.63, 3.8) is 0 Å². The molecule has 1 fully saturated rings. The minimum absolute atomic E-state index is 0.00502. The highest BCUT2D eigenvalue weighted by atomic mass is 19.1. The van der Waals surface area contributed by atoms with Gasteiger partial charge in [-0.3, -0.25) is 15.0 Å². The highest BCUT2D eigenvalue weighted by Gasteiger charge is 2.65. The van der Waals surface area contributed by atoms with Crippen LogP contribution in [0.25, 0.3) is 0 Å². The predicted octanol–water partition coefficient (Wildman–Crippen LogP) is 8.06. The monoisotopic (exact) mass is 787 g/mol. The number of amides is 1. The Morgan fingerprint density at radius 3 is 2.47 bits per heavy atom. The Morgan fingerprint density at radius 1 is 1.05 bits per heavy atom. The molecule has 0 spiro atoms. The van der Waals surface area contributed by atoms with Crippen molar-refractivity contribution in [3.05, 3.63) is 118 Å². The molecule has 14 heteroatoms. The second-order valence-corrected chi connectivity index (χ2v) is 14.5. The third-order valence-corrected chi connectivity index (χ3v) is 11.2. The molecule has 6 unspecified atom stereocenters. The Morgan fingerprint density at radius 2 is 1.79 bits per heavy atom. The van der Waals surface area contributed by atoms with Crippen LogP contribution in [0.3, 0.4) is 0 Å². The van der Waals surface area contributed by atoms with Crippen LogP contribution in [-0.2, 0) is 20.9 Å². The zero-order chi connectivity index (χ0) is 40.5. The molecule has 6 atom stereocenters. The van der Waals surface area contributed by atoms with E-state index in [1.807, 2.05) is 6.07 Å². The zero-order valence-corrected chi connectivity index (χ0v) is 32.3. The summed E-state index contributed by atoms with van der Waals surface area (Å²) >= 11 is 0. The molecular weight excluding hydrogens is 737 g/mol. The summed E-state index contributed by atoms with van der Waals surface area (Å²) in [5, 5.41) is 35.8. The molecule has 0 saturated heterocycles. The molecule has 0 radical (unpaired) electrons. The van der Waals surface area contributed by atoms with Gasteiger partial charge < -0.3 is 34.0 Å². The quantitative estimate of drug-likeness (QED) is 0.0558. The number of hydrogen-bond donors (Lipinski definition) is 2. The number of nitro benzene ring substituents is 1. The lowest BCUT2D eigenvalue weighted by Crippen LogP contribution is -2.70. The molecule has 1 aliphatic heterocycles. The summed E-state index contributed by atoms with van der Waals surface area (Å²) in [6, 6.07) is 16.4. The van der Waals surface area contributed by atoms with Crippen LogP contribution in [0.2, 0.25) is 0 Å². The van der Waals surface area contributed by atoms with Crippen LogP contribution >= 0.6 is 0 Å². The molecule has 3 aliphatic rings. The standard InChI is InChI=1S/C43H50FN3O10/c1-4-22-55-43-39(46(42(50)53-2)27-28-14-16-30(44)17-15-28)26-37(45-54-3)35-23-29(10-5-7-20-48)34(13-6-8-21-49)40(41(35)43)36-25-33(18-19-38(36)57-43)56-32-12-9-11-31(24-32)47(51)52/h4,9,11-12,14-19,23-25,29,34,39-41,48-49H,1,5-8,10,13,20-22,26-27H2,2-3H3. The Kier molecular flexibility index (Phi) is 13.6.